The van der Waals surface area contributed by atoms with Gasteiger partial charge in [0, 0.05) is 23.2 Å². The molecule has 1 heterocycles. The van der Waals surface area contributed by atoms with Crippen molar-refractivity contribution in [3.05, 3.63) is 49.7 Å². The Bertz CT molecular complexity index is 717. The van der Waals surface area contributed by atoms with Crippen LogP contribution in [0.15, 0.2) is 17.5 Å². The van der Waals surface area contributed by atoms with Crippen LogP contribution < -0.4 is 5.32 Å². The first-order valence-electron chi connectivity index (χ1n) is 5.74. The van der Waals surface area contributed by atoms with Crippen LogP contribution in [0.5, 0.6) is 0 Å². The molecule has 0 atom stereocenters. The molecule has 110 valence electrons. The van der Waals surface area contributed by atoms with Gasteiger partial charge in [0.25, 0.3) is 5.69 Å². The molecule has 9 heteroatoms. The Hall–Kier alpha value is -2.55. The van der Waals surface area contributed by atoms with Crippen molar-refractivity contribution in [2.75, 3.05) is 5.32 Å². The number of nitrogens with zero attached hydrogens (tertiary/aromatic N) is 2. The molecule has 1 aromatic heterocycles. The van der Waals surface area contributed by atoms with Crippen molar-refractivity contribution in [3.63, 3.8) is 0 Å². The van der Waals surface area contributed by atoms with Gasteiger partial charge in [-0.25, -0.2) is 14.2 Å². The number of nitro benzene ring substituents is 1. The van der Waals surface area contributed by atoms with Crippen LogP contribution >= 0.6 is 11.3 Å². The SMILES string of the molecule is Cc1csc(CNc2cc(F)c(C(=O)O)cc2[N+](=O)[O-])n1. The van der Waals surface area contributed by atoms with Crippen molar-refractivity contribution in [2.45, 2.75) is 13.5 Å². The predicted octanol–water partition coefficient (Wildman–Crippen LogP) is 2.81. The first-order chi connectivity index (χ1) is 9.88. The van der Waals surface area contributed by atoms with E-state index in [-0.39, 0.29) is 12.2 Å². The molecule has 0 saturated carbocycles. The Morgan fingerprint density at radius 2 is 2.29 bits per heavy atom. The van der Waals surface area contributed by atoms with Crippen molar-refractivity contribution in [1.29, 1.82) is 0 Å². The molecule has 0 aliphatic heterocycles. The van der Waals surface area contributed by atoms with Gasteiger partial charge in [0.1, 0.15) is 22.1 Å². The maximum absolute atomic E-state index is 13.6. The van der Waals surface area contributed by atoms with E-state index in [9.17, 15) is 19.3 Å². The summed E-state index contributed by atoms with van der Waals surface area (Å²) in [6, 6.07) is 1.51. The normalized spacial score (nSPS) is 10.4. The van der Waals surface area contributed by atoms with Gasteiger partial charge >= 0.3 is 5.97 Å². The topological polar surface area (TPSA) is 105 Å². The molecule has 0 bridgehead atoms. The molecule has 0 amide bonds. The molecule has 7 nitrogen and oxygen atoms in total. The first-order valence-corrected chi connectivity index (χ1v) is 6.62. The number of aromatic carboxylic acids is 1. The van der Waals surface area contributed by atoms with E-state index in [0.29, 0.717) is 11.1 Å². The number of carboxylic acids is 1. The number of aromatic nitrogens is 1. The Balaban J connectivity index is 2.31. The Morgan fingerprint density at radius 1 is 1.57 bits per heavy atom. The van der Waals surface area contributed by atoms with Crippen molar-refractivity contribution < 1.29 is 19.2 Å². The fourth-order valence-corrected chi connectivity index (χ4v) is 2.38. The number of nitro groups is 1. The van der Waals surface area contributed by atoms with Crippen LogP contribution in [-0.2, 0) is 6.54 Å². The fourth-order valence-electron chi connectivity index (χ4n) is 1.67. The van der Waals surface area contributed by atoms with Crippen molar-refractivity contribution >= 4 is 28.7 Å². The van der Waals surface area contributed by atoms with E-state index in [1.54, 1.807) is 0 Å². The molecule has 0 aliphatic rings. The number of thiazole rings is 1. The number of anilines is 1. The lowest BCUT2D eigenvalue weighted by Gasteiger charge is -2.07. The molecule has 2 N–H and O–H groups in total. The molecule has 0 spiro atoms. The number of nitrogens with one attached hydrogen (secondary N) is 1. The number of carboxylic acid groups (broad SMARTS) is 1. The van der Waals surface area contributed by atoms with Crippen LogP contribution in [0.25, 0.3) is 0 Å². The van der Waals surface area contributed by atoms with Gasteiger partial charge in [-0.05, 0) is 6.92 Å². The number of hydrogen-bond donors (Lipinski definition) is 2. The van der Waals surface area contributed by atoms with E-state index in [1.165, 1.54) is 11.3 Å². The summed E-state index contributed by atoms with van der Waals surface area (Å²) >= 11 is 1.36. The zero-order valence-electron chi connectivity index (χ0n) is 10.8. The van der Waals surface area contributed by atoms with Crippen molar-refractivity contribution in [1.82, 2.24) is 4.98 Å². The quantitative estimate of drug-likeness (QED) is 0.649. The number of hydrogen-bond acceptors (Lipinski definition) is 6. The molecule has 0 saturated heterocycles. The summed E-state index contributed by atoms with van der Waals surface area (Å²) in [7, 11) is 0. The highest BCUT2D eigenvalue weighted by Crippen LogP contribution is 2.28. The Kier molecular flexibility index (Phi) is 4.13. The van der Waals surface area contributed by atoms with Gasteiger partial charge in [0.15, 0.2) is 0 Å². The van der Waals surface area contributed by atoms with Gasteiger partial charge in [-0.2, -0.15) is 0 Å². The third kappa shape index (κ3) is 3.31. The van der Waals surface area contributed by atoms with Gasteiger partial charge in [-0.1, -0.05) is 0 Å². The van der Waals surface area contributed by atoms with Crippen LogP contribution in [0.2, 0.25) is 0 Å². The number of benzene rings is 1. The lowest BCUT2D eigenvalue weighted by Crippen LogP contribution is -2.07. The number of carbonyl (C=O) groups is 1. The molecule has 0 radical (unpaired) electrons. The number of rotatable bonds is 5. The third-order valence-electron chi connectivity index (χ3n) is 2.61. The highest BCUT2D eigenvalue weighted by atomic mass is 32.1. The monoisotopic (exact) mass is 311 g/mol. The summed E-state index contributed by atoms with van der Waals surface area (Å²) in [6.07, 6.45) is 0. The molecular weight excluding hydrogens is 301 g/mol. The summed E-state index contributed by atoms with van der Waals surface area (Å²) in [5.41, 5.74) is -0.506. The summed E-state index contributed by atoms with van der Waals surface area (Å²) in [5, 5.41) is 25.0. The van der Waals surface area contributed by atoms with E-state index >= 15 is 0 Å². The van der Waals surface area contributed by atoms with Crippen LogP contribution in [0.4, 0.5) is 15.8 Å². The highest BCUT2D eigenvalue weighted by molar-refractivity contribution is 7.09. The number of halogens is 1. The zero-order valence-corrected chi connectivity index (χ0v) is 11.6. The third-order valence-corrected chi connectivity index (χ3v) is 3.58. The van der Waals surface area contributed by atoms with Gasteiger partial charge in [-0.15, -0.1) is 11.3 Å². The van der Waals surface area contributed by atoms with E-state index < -0.39 is 28.0 Å². The Morgan fingerprint density at radius 3 is 2.81 bits per heavy atom. The van der Waals surface area contributed by atoms with E-state index in [4.69, 9.17) is 5.11 Å². The van der Waals surface area contributed by atoms with Gasteiger partial charge < -0.3 is 10.4 Å². The van der Waals surface area contributed by atoms with Gasteiger partial charge in [0.2, 0.25) is 0 Å². The minimum absolute atomic E-state index is 0.0876. The minimum atomic E-state index is -1.56. The number of aryl methyl sites for hydroxylation is 1. The lowest BCUT2D eigenvalue weighted by atomic mass is 10.1. The van der Waals surface area contributed by atoms with Crippen LogP contribution in [-0.4, -0.2) is 21.0 Å². The smallest absolute Gasteiger partial charge is 0.338 e. The summed E-state index contributed by atoms with van der Waals surface area (Å²) in [6.45, 7) is 2.00. The van der Waals surface area contributed by atoms with Crippen LogP contribution in [0.3, 0.4) is 0 Å². The van der Waals surface area contributed by atoms with Crippen LogP contribution in [0.1, 0.15) is 21.1 Å². The van der Waals surface area contributed by atoms with Crippen molar-refractivity contribution in [3.8, 4) is 0 Å². The second-order valence-corrected chi connectivity index (χ2v) is 5.09. The van der Waals surface area contributed by atoms with Gasteiger partial charge in [0.05, 0.1) is 11.5 Å². The summed E-state index contributed by atoms with van der Waals surface area (Å²) < 4.78 is 13.6. The molecule has 2 rings (SSSR count). The standard InChI is InChI=1S/C12H10FN3O4S/c1-6-5-21-11(15-6)4-14-9-3-8(13)7(12(17)18)2-10(9)16(19)20/h2-3,5,14H,4H2,1H3,(H,17,18). The molecule has 0 fully saturated rings. The maximum Gasteiger partial charge on any atom is 0.338 e. The second-order valence-electron chi connectivity index (χ2n) is 4.15. The zero-order chi connectivity index (χ0) is 15.6. The lowest BCUT2D eigenvalue weighted by molar-refractivity contribution is -0.384. The summed E-state index contributed by atoms with van der Waals surface area (Å²) in [5.74, 6) is -2.59. The van der Waals surface area contributed by atoms with E-state index in [1.807, 2.05) is 12.3 Å². The van der Waals surface area contributed by atoms with Gasteiger partial charge in [-0.3, -0.25) is 10.1 Å². The van der Waals surface area contributed by atoms with Crippen molar-refractivity contribution in [2.24, 2.45) is 0 Å². The maximum atomic E-state index is 13.6. The molecule has 0 aliphatic carbocycles. The molecule has 1 aromatic carbocycles. The van der Waals surface area contributed by atoms with E-state index in [0.717, 1.165) is 11.8 Å². The average molecular weight is 311 g/mol. The minimum Gasteiger partial charge on any atom is -0.478 e. The second kappa shape index (κ2) is 5.83. The molecule has 2 aromatic rings. The highest BCUT2D eigenvalue weighted by Gasteiger charge is 2.21. The fraction of sp³-hybridized carbons (Fsp3) is 0.167. The molecule has 0 unspecified atom stereocenters. The predicted molar refractivity (Wildman–Crippen MR) is 74.2 cm³/mol. The summed E-state index contributed by atoms with van der Waals surface area (Å²) in [4.78, 5) is 25.2. The first kappa shape index (κ1) is 14.9. The molecular formula is C12H10FN3O4S. The van der Waals surface area contributed by atoms with E-state index in [2.05, 4.69) is 10.3 Å². The average Bonchev–Trinajstić information content (AvgIpc) is 2.81. The molecule has 21 heavy (non-hydrogen) atoms. The Labute approximate surface area is 122 Å². The van der Waals surface area contributed by atoms with Crippen LogP contribution in [0, 0.1) is 22.9 Å². The largest absolute Gasteiger partial charge is 0.478 e.